The highest BCUT2D eigenvalue weighted by Gasteiger charge is 2.30. The molecule has 0 bridgehead atoms. The lowest BCUT2D eigenvalue weighted by molar-refractivity contribution is -0.141. The number of aliphatic carboxylic acids is 1. The number of nitrogens with one attached hydrogen (secondary N) is 2. The topological polar surface area (TPSA) is 78.4 Å². The predicted molar refractivity (Wildman–Crippen MR) is 78.5 cm³/mol. The second-order valence-corrected chi connectivity index (χ2v) is 6.55. The van der Waals surface area contributed by atoms with Crippen LogP contribution < -0.4 is 10.6 Å². The van der Waals surface area contributed by atoms with E-state index < -0.39 is 5.97 Å². The number of urea groups is 1. The zero-order valence-electron chi connectivity index (χ0n) is 13.0. The van der Waals surface area contributed by atoms with E-state index in [1.807, 2.05) is 0 Å². The summed E-state index contributed by atoms with van der Waals surface area (Å²) in [5.74, 6) is 0.446. The van der Waals surface area contributed by atoms with Crippen LogP contribution in [0, 0.1) is 23.7 Å². The van der Waals surface area contributed by atoms with Crippen molar-refractivity contribution in [1.29, 1.82) is 0 Å². The van der Waals surface area contributed by atoms with Crippen molar-refractivity contribution in [3.05, 3.63) is 0 Å². The van der Waals surface area contributed by atoms with Crippen LogP contribution in [0.3, 0.4) is 0 Å². The number of hydrogen-bond donors (Lipinski definition) is 3. The molecule has 5 heteroatoms. The molecular formula is C15H28N2O3. The highest BCUT2D eigenvalue weighted by atomic mass is 16.4. The van der Waals surface area contributed by atoms with Gasteiger partial charge in [-0.05, 0) is 37.0 Å². The van der Waals surface area contributed by atoms with E-state index in [0.717, 1.165) is 6.42 Å². The molecule has 2 atom stereocenters. The maximum Gasteiger partial charge on any atom is 0.315 e. The Morgan fingerprint density at radius 1 is 1.15 bits per heavy atom. The fourth-order valence-electron chi connectivity index (χ4n) is 3.03. The molecular weight excluding hydrogens is 256 g/mol. The Kier molecular flexibility index (Phi) is 6.30. The van der Waals surface area contributed by atoms with Crippen molar-refractivity contribution >= 4 is 12.0 Å². The van der Waals surface area contributed by atoms with Crippen LogP contribution in [0.5, 0.6) is 0 Å². The van der Waals surface area contributed by atoms with Crippen LogP contribution in [-0.2, 0) is 4.79 Å². The van der Waals surface area contributed by atoms with Gasteiger partial charge in [-0.1, -0.05) is 27.7 Å². The van der Waals surface area contributed by atoms with Gasteiger partial charge in [-0.15, -0.1) is 0 Å². The van der Waals surface area contributed by atoms with Crippen LogP contribution in [0.1, 0.15) is 47.0 Å². The molecule has 20 heavy (non-hydrogen) atoms. The summed E-state index contributed by atoms with van der Waals surface area (Å²) in [5.41, 5.74) is 0. The lowest BCUT2D eigenvalue weighted by Gasteiger charge is -2.25. The number of carboxylic acids is 1. The van der Waals surface area contributed by atoms with Gasteiger partial charge in [0.05, 0.1) is 5.92 Å². The average molecular weight is 284 g/mol. The van der Waals surface area contributed by atoms with Gasteiger partial charge in [0.15, 0.2) is 0 Å². The molecule has 0 aromatic carbocycles. The van der Waals surface area contributed by atoms with Crippen molar-refractivity contribution in [3.63, 3.8) is 0 Å². The van der Waals surface area contributed by atoms with E-state index in [0.29, 0.717) is 37.1 Å². The summed E-state index contributed by atoms with van der Waals surface area (Å²) in [5, 5.41) is 14.7. The zero-order chi connectivity index (χ0) is 15.3. The van der Waals surface area contributed by atoms with Crippen molar-refractivity contribution in [2.45, 2.75) is 53.0 Å². The van der Waals surface area contributed by atoms with Gasteiger partial charge in [0.2, 0.25) is 0 Å². The van der Waals surface area contributed by atoms with Crippen molar-refractivity contribution in [3.8, 4) is 0 Å². The average Bonchev–Trinajstić information content (AvgIpc) is 2.76. The van der Waals surface area contributed by atoms with Gasteiger partial charge in [0.25, 0.3) is 0 Å². The Balaban J connectivity index is 2.32. The molecule has 0 radical (unpaired) electrons. The van der Waals surface area contributed by atoms with Gasteiger partial charge < -0.3 is 15.7 Å². The van der Waals surface area contributed by atoms with Gasteiger partial charge in [0, 0.05) is 12.6 Å². The fraction of sp³-hybridized carbons (Fsp3) is 0.867. The Morgan fingerprint density at radius 2 is 1.75 bits per heavy atom. The first-order chi connectivity index (χ1) is 9.31. The Bertz CT molecular complexity index is 334. The maximum absolute atomic E-state index is 11.9. The zero-order valence-corrected chi connectivity index (χ0v) is 13.0. The monoisotopic (exact) mass is 284 g/mol. The first kappa shape index (κ1) is 16.8. The summed E-state index contributed by atoms with van der Waals surface area (Å²) in [4.78, 5) is 22.7. The molecule has 0 heterocycles. The number of hydrogen-bond acceptors (Lipinski definition) is 2. The molecule has 116 valence electrons. The van der Waals surface area contributed by atoms with E-state index >= 15 is 0 Å². The number of amides is 2. The van der Waals surface area contributed by atoms with Crippen LogP contribution in [0.25, 0.3) is 0 Å². The molecule has 0 saturated heterocycles. The van der Waals surface area contributed by atoms with E-state index in [9.17, 15) is 9.59 Å². The largest absolute Gasteiger partial charge is 0.481 e. The molecule has 2 amide bonds. The van der Waals surface area contributed by atoms with E-state index in [-0.39, 0.29) is 18.0 Å². The molecule has 1 aliphatic carbocycles. The number of carboxylic acid groups (broad SMARTS) is 1. The summed E-state index contributed by atoms with van der Waals surface area (Å²) in [6.07, 6.45) is 1.95. The molecule has 0 aromatic rings. The van der Waals surface area contributed by atoms with Gasteiger partial charge in [0.1, 0.15) is 0 Å². The van der Waals surface area contributed by atoms with E-state index in [1.54, 1.807) is 0 Å². The Morgan fingerprint density at radius 3 is 2.20 bits per heavy atom. The first-order valence-corrected chi connectivity index (χ1v) is 7.58. The summed E-state index contributed by atoms with van der Waals surface area (Å²) in [7, 11) is 0. The lowest BCUT2D eigenvalue weighted by atomic mass is 9.85. The lowest BCUT2D eigenvalue weighted by Crippen LogP contribution is -2.44. The molecule has 0 aliphatic heterocycles. The van der Waals surface area contributed by atoms with Crippen LogP contribution in [0.2, 0.25) is 0 Å². The molecule has 0 aromatic heterocycles. The molecule has 2 unspecified atom stereocenters. The summed E-state index contributed by atoms with van der Waals surface area (Å²) in [6.45, 7) is 9.32. The minimum atomic E-state index is -0.755. The van der Waals surface area contributed by atoms with Crippen molar-refractivity contribution in [1.82, 2.24) is 10.6 Å². The van der Waals surface area contributed by atoms with Gasteiger partial charge in [-0.25, -0.2) is 4.79 Å². The Hall–Kier alpha value is -1.26. The molecule has 1 saturated carbocycles. The standard InChI is InChI=1S/C15H28N2O3/c1-9(2)13(10(3)4)8-16-15(20)17-12-6-5-11(7-12)14(18)19/h9-13H,5-8H2,1-4H3,(H,18,19)(H2,16,17,20). The predicted octanol–water partition coefficient (Wildman–Crippen LogP) is 2.47. The number of carbonyl (C=O) groups excluding carboxylic acids is 1. The minimum absolute atomic E-state index is 0.00681. The van der Waals surface area contributed by atoms with E-state index in [1.165, 1.54) is 0 Å². The SMILES string of the molecule is CC(C)C(CNC(=O)NC1CCC(C(=O)O)C1)C(C)C. The van der Waals surface area contributed by atoms with Crippen LogP contribution in [0.4, 0.5) is 4.79 Å². The quantitative estimate of drug-likeness (QED) is 0.701. The van der Waals surface area contributed by atoms with Crippen LogP contribution in [-0.4, -0.2) is 29.7 Å². The molecule has 5 nitrogen and oxygen atoms in total. The molecule has 3 N–H and O–H groups in total. The van der Waals surface area contributed by atoms with Gasteiger partial charge >= 0.3 is 12.0 Å². The van der Waals surface area contributed by atoms with Crippen molar-refractivity contribution in [2.24, 2.45) is 23.7 Å². The van der Waals surface area contributed by atoms with Crippen molar-refractivity contribution in [2.75, 3.05) is 6.54 Å². The first-order valence-electron chi connectivity index (χ1n) is 7.58. The number of rotatable bonds is 6. The number of carbonyl (C=O) groups is 2. The fourth-order valence-corrected chi connectivity index (χ4v) is 3.03. The third-order valence-electron chi connectivity index (χ3n) is 4.33. The van der Waals surface area contributed by atoms with Crippen molar-refractivity contribution < 1.29 is 14.7 Å². The third-order valence-corrected chi connectivity index (χ3v) is 4.33. The van der Waals surface area contributed by atoms with E-state index in [2.05, 4.69) is 38.3 Å². The summed E-state index contributed by atoms with van der Waals surface area (Å²) in [6, 6.07) is -0.181. The second kappa shape index (κ2) is 7.50. The van der Waals surface area contributed by atoms with Crippen LogP contribution >= 0.6 is 0 Å². The minimum Gasteiger partial charge on any atom is -0.481 e. The Labute approximate surface area is 121 Å². The summed E-state index contributed by atoms with van der Waals surface area (Å²) >= 11 is 0. The highest BCUT2D eigenvalue weighted by Crippen LogP contribution is 2.25. The normalized spacial score (nSPS) is 22.6. The van der Waals surface area contributed by atoms with Gasteiger partial charge in [-0.2, -0.15) is 0 Å². The van der Waals surface area contributed by atoms with Crippen LogP contribution in [0.15, 0.2) is 0 Å². The molecule has 1 rings (SSSR count). The maximum atomic E-state index is 11.9. The molecule has 1 aliphatic rings. The van der Waals surface area contributed by atoms with Gasteiger partial charge in [-0.3, -0.25) is 4.79 Å². The molecule has 0 spiro atoms. The second-order valence-electron chi connectivity index (χ2n) is 6.55. The smallest absolute Gasteiger partial charge is 0.315 e. The highest BCUT2D eigenvalue weighted by molar-refractivity contribution is 5.75. The summed E-state index contributed by atoms with van der Waals surface area (Å²) < 4.78 is 0. The van der Waals surface area contributed by atoms with E-state index in [4.69, 9.17) is 5.11 Å². The third kappa shape index (κ3) is 5.02. The molecule has 1 fully saturated rings.